The van der Waals surface area contributed by atoms with E-state index >= 15 is 0 Å². The summed E-state index contributed by atoms with van der Waals surface area (Å²) < 4.78 is 12.5. The van der Waals surface area contributed by atoms with Crippen molar-refractivity contribution in [1.82, 2.24) is 5.01 Å². The van der Waals surface area contributed by atoms with Crippen molar-refractivity contribution in [2.75, 3.05) is 14.1 Å². The molecule has 2 atom stereocenters. The summed E-state index contributed by atoms with van der Waals surface area (Å²) in [4.78, 5) is 0. The average Bonchev–Trinajstić information content (AvgIpc) is 2.67. The molecule has 1 heterocycles. The normalized spacial score (nSPS) is 22.4. The molecule has 0 saturated carbocycles. The van der Waals surface area contributed by atoms with Gasteiger partial charge >= 0.3 is 7.12 Å². The highest BCUT2D eigenvalue weighted by molar-refractivity contribution is 6.45. The van der Waals surface area contributed by atoms with E-state index in [0.29, 0.717) is 17.8 Å². The zero-order valence-corrected chi connectivity index (χ0v) is 18.3. The molecule has 0 N–H and O–H groups in total. The summed E-state index contributed by atoms with van der Waals surface area (Å²) in [6.07, 6.45) is 4.59. The van der Waals surface area contributed by atoms with E-state index in [0.717, 1.165) is 6.32 Å². The van der Waals surface area contributed by atoms with Crippen LogP contribution in [0.4, 0.5) is 0 Å². The molecular weight excluding hydrogens is 311 g/mol. The average molecular weight is 352 g/mol. The maximum absolute atomic E-state index is 6.27. The van der Waals surface area contributed by atoms with Gasteiger partial charge in [0.25, 0.3) is 0 Å². The molecule has 0 aromatic heterocycles. The lowest BCUT2D eigenvalue weighted by molar-refractivity contribution is 0.00578. The Morgan fingerprint density at radius 2 is 1.56 bits per heavy atom. The lowest BCUT2D eigenvalue weighted by atomic mass is 9.69. The summed E-state index contributed by atoms with van der Waals surface area (Å²) >= 11 is 0. The van der Waals surface area contributed by atoms with Crippen LogP contribution in [-0.2, 0) is 9.31 Å². The number of unbranched alkanes of at least 4 members (excludes halogenated alkanes) is 1. The first kappa shape index (κ1) is 22.5. The quantitative estimate of drug-likeness (QED) is 0.329. The van der Waals surface area contributed by atoms with Gasteiger partial charge in [0, 0.05) is 19.8 Å². The SMILES string of the molecule is CCCC[C@H](CB1OC(C)(C)C(C)(C)O1)[C@@H](C)/C(=N/N(C)C)C(C)C. The smallest absolute Gasteiger partial charge is 0.403 e. The van der Waals surface area contributed by atoms with E-state index in [1.54, 1.807) is 0 Å². The van der Waals surface area contributed by atoms with E-state index < -0.39 is 0 Å². The predicted molar refractivity (Wildman–Crippen MR) is 109 cm³/mol. The van der Waals surface area contributed by atoms with E-state index in [1.165, 1.54) is 25.0 Å². The molecule has 0 bridgehead atoms. The molecule has 0 spiro atoms. The minimum Gasteiger partial charge on any atom is -0.403 e. The molecule has 4 nitrogen and oxygen atoms in total. The van der Waals surface area contributed by atoms with Gasteiger partial charge in [0.15, 0.2) is 0 Å². The van der Waals surface area contributed by atoms with Crippen molar-refractivity contribution in [3.05, 3.63) is 0 Å². The Morgan fingerprint density at radius 1 is 1.04 bits per heavy atom. The van der Waals surface area contributed by atoms with Crippen LogP contribution in [0.2, 0.25) is 6.32 Å². The van der Waals surface area contributed by atoms with Crippen LogP contribution in [-0.4, -0.2) is 43.1 Å². The number of hydrogen-bond acceptors (Lipinski definition) is 4. The molecule has 0 aromatic rings. The first-order chi connectivity index (χ1) is 11.4. The standard InChI is InChI=1S/C20H41BN2O2/c1-11-12-13-17(16(4)18(15(2)3)22-23(9)10)14-21-24-19(5,6)20(7,8)25-21/h15-17H,11-14H2,1-10H3/b22-18+/t16-,17-/m1/s1. The minimum atomic E-state index is -0.255. The van der Waals surface area contributed by atoms with Crippen molar-refractivity contribution in [2.45, 2.75) is 92.2 Å². The molecule has 1 saturated heterocycles. The molecule has 5 heteroatoms. The minimum absolute atomic E-state index is 0.123. The van der Waals surface area contributed by atoms with Crippen LogP contribution in [0, 0.1) is 17.8 Å². The molecular formula is C20H41BN2O2. The van der Waals surface area contributed by atoms with Gasteiger partial charge in [0.2, 0.25) is 0 Å². The van der Waals surface area contributed by atoms with Gasteiger partial charge in [-0.2, -0.15) is 5.10 Å². The lowest BCUT2D eigenvalue weighted by Crippen LogP contribution is -2.41. The summed E-state index contributed by atoms with van der Waals surface area (Å²) in [7, 11) is 3.89. The second-order valence-electron chi connectivity index (χ2n) is 9.14. The third-order valence-corrected chi connectivity index (χ3v) is 5.81. The van der Waals surface area contributed by atoms with Crippen molar-refractivity contribution in [2.24, 2.45) is 22.9 Å². The molecule has 0 aliphatic carbocycles. The molecule has 1 fully saturated rings. The zero-order valence-electron chi connectivity index (χ0n) is 18.3. The second-order valence-corrected chi connectivity index (χ2v) is 9.14. The molecule has 1 rings (SSSR count). The Kier molecular flexibility index (Phi) is 8.01. The monoisotopic (exact) mass is 352 g/mol. The highest BCUT2D eigenvalue weighted by atomic mass is 16.7. The predicted octanol–water partition coefficient (Wildman–Crippen LogP) is 5.09. The number of nitrogens with zero attached hydrogens (tertiary/aromatic N) is 2. The maximum Gasteiger partial charge on any atom is 0.458 e. The molecule has 0 amide bonds. The number of hydrazone groups is 1. The van der Waals surface area contributed by atoms with Crippen molar-refractivity contribution in [1.29, 1.82) is 0 Å². The van der Waals surface area contributed by atoms with Gasteiger partial charge in [0.1, 0.15) is 0 Å². The second kappa shape index (κ2) is 8.90. The number of rotatable bonds is 9. The van der Waals surface area contributed by atoms with Gasteiger partial charge in [-0.15, -0.1) is 0 Å². The fraction of sp³-hybridized carbons (Fsp3) is 0.950. The molecule has 25 heavy (non-hydrogen) atoms. The highest BCUT2D eigenvalue weighted by Crippen LogP contribution is 2.40. The van der Waals surface area contributed by atoms with Crippen LogP contribution in [0.15, 0.2) is 5.10 Å². The van der Waals surface area contributed by atoms with E-state index in [4.69, 9.17) is 14.4 Å². The van der Waals surface area contributed by atoms with E-state index in [1.807, 2.05) is 19.1 Å². The Labute approximate surface area is 156 Å². The fourth-order valence-corrected chi connectivity index (χ4v) is 3.55. The summed E-state index contributed by atoms with van der Waals surface area (Å²) in [6, 6.07) is 0. The number of hydrogen-bond donors (Lipinski definition) is 0. The molecule has 0 unspecified atom stereocenters. The van der Waals surface area contributed by atoms with Gasteiger partial charge in [0.05, 0.1) is 11.2 Å². The third-order valence-electron chi connectivity index (χ3n) is 5.81. The topological polar surface area (TPSA) is 34.1 Å². The van der Waals surface area contributed by atoms with Gasteiger partial charge in [-0.05, 0) is 51.8 Å². The van der Waals surface area contributed by atoms with E-state index in [-0.39, 0.29) is 18.3 Å². The Morgan fingerprint density at radius 3 is 1.96 bits per heavy atom. The van der Waals surface area contributed by atoms with Crippen molar-refractivity contribution < 1.29 is 9.31 Å². The van der Waals surface area contributed by atoms with E-state index in [2.05, 4.69) is 55.4 Å². The molecule has 0 radical (unpaired) electrons. The van der Waals surface area contributed by atoms with Crippen LogP contribution in [0.3, 0.4) is 0 Å². The van der Waals surface area contributed by atoms with Gasteiger partial charge < -0.3 is 14.3 Å². The Hall–Kier alpha value is -0.545. The van der Waals surface area contributed by atoms with Crippen LogP contribution >= 0.6 is 0 Å². The lowest BCUT2D eigenvalue weighted by Gasteiger charge is -2.32. The first-order valence-electron chi connectivity index (χ1n) is 10.0. The summed E-state index contributed by atoms with van der Waals surface area (Å²) in [5.41, 5.74) is 0.770. The van der Waals surface area contributed by atoms with Crippen molar-refractivity contribution in [3.8, 4) is 0 Å². The maximum atomic E-state index is 6.27. The van der Waals surface area contributed by atoms with Crippen molar-refractivity contribution in [3.63, 3.8) is 0 Å². The summed E-state index contributed by atoms with van der Waals surface area (Å²) in [5.74, 6) is 1.39. The zero-order chi connectivity index (χ0) is 19.4. The van der Waals surface area contributed by atoms with Crippen LogP contribution in [0.1, 0.15) is 74.7 Å². The molecule has 1 aliphatic rings. The summed E-state index contributed by atoms with van der Waals surface area (Å²) in [5, 5.41) is 6.73. The Bertz CT molecular complexity index is 431. The Balaban J connectivity index is 2.94. The molecule has 0 aromatic carbocycles. The van der Waals surface area contributed by atoms with Gasteiger partial charge in [-0.1, -0.05) is 47.0 Å². The molecule has 146 valence electrons. The van der Waals surface area contributed by atoms with Crippen molar-refractivity contribution >= 4 is 12.8 Å². The van der Waals surface area contributed by atoms with Crippen LogP contribution in [0.25, 0.3) is 0 Å². The van der Waals surface area contributed by atoms with Gasteiger partial charge in [-0.25, -0.2) is 0 Å². The highest BCUT2D eigenvalue weighted by Gasteiger charge is 2.51. The fourth-order valence-electron chi connectivity index (χ4n) is 3.55. The largest absolute Gasteiger partial charge is 0.458 e. The van der Waals surface area contributed by atoms with Crippen LogP contribution < -0.4 is 0 Å². The third kappa shape index (κ3) is 5.99. The van der Waals surface area contributed by atoms with Crippen LogP contribution in [0.5, 0.6) is 0 Å². The summed E-state index contributed by atoms with van der Waals surface area (Å²) in [6.45, 7) is 17.6. The first-order valence-corrected chi connectivity index (χ1v) is 10.0. The van der Waals surface area contributed by atoms with E-state index in [9.17, 15) is 0 Å². The molecule has 1 aliphatic heterocycles. The van der Waals surface area contributed by atoms with Gasteiger partial charge in [-0.3, -0.25) is 0 Å².